The number of unbranched alkanes of at least 4 members (excludes halogenated alkanes) is 9. The summed E-state index contributed by atoms with van der Waals surface area (Å²) in [5.74, 6) is -0.0233. The Morgan fingerprint density at radius 1 is 0.833 bits per heavy atom. The highest BCUT2D eigenvalue weighted by molar-refractivity contribution is 5.69. The van der Waals surface area contributed by atoms with Crippen LogP contribution in [-0.4, -0.2) is 62.1 Å². The van der Waals surface area contributed by atoms with E-state index in [0.717, 1.165) is 39.1 Å². The molecule has 0 aromatic heterocycles. The van der Waals surface area contributed by atoms with Crippen molar-refractivity contribution in [3.8, 4) is 0 Å². The summed E-state index contributed by atoms with van der Waals surface area (Å²) in [6, 6.07) is 0. The zero-order chi connectivity index (χ0) is 17.5. The van der Waals surface area contributed by atoms with Crippen molar-refractivity contribution in [3.63, 3.8) is 0 Å². The van der Waals surface area contributed by atoms with Crippen LogP contribution in [0.5, 0.6) is 0 Å². The number of hydrogen-bond acceptors (Lipinski definition) is 4. The van der Waals surface area contributed by atoms with Crippen molar-refractivity contribution >= 4 is 5.97 Å². The van der Waals surface area contributed by atoms with Crippen LogP contribution in [0, 0.1) is 0 Å². The normalized spacial score (nSPS) is 16.4. The van der Waals surface area contributed by atoms with E-state index < -0.39 is 0 Å². The maximum absolute atomic E-state index is 11.8. The molecule has 0 saturated carbocycles. The van der Waals surface area contributed by atoms with E-state index in [1.54, 1.807) is 0 Å². The van der Waals surface area contributed by atoms with Crippen molar-refractivity contribution in [1.29, 1.82) is 0 Å². The van der Waals surface area contributed by atoms with Crippen LogP contribution in [-0.2, 0) is 9.53 Å². The Labute approximate surface area is 149 Å². The Hall–Kier alpha value is -0.610. The van der Waals surface area contributed by atoms with Gasteiger partial charge in [-0.05, 0) is 13.5 Å². The van der Waals surface area contributed by atoms with Gasteiger partial charge in [-0.25, -0.2) is 0 Å². The lowest BCUT2D eigenvalue weighted by Crippen LogP contribution is -2.45. The average molecular weight is 341 g/mol. The maximum atomic E-state index is 11.8. The SMILES string of the molecule is CCCCCCCCCCCCOC(=O)CCN1CCN(C)CC1. The summed E-state index contributed by atoms with van der Waals surface area (Å²) in [4.78, 5) is 16.4. The van der Waals surface area contributed by atoms with Crippen LogP contribution in [0.15, 0.2) is 0 Å². The molecule has 0 aliphatic carbocycles. The van der Waals surface area contributed by atoms with Gasteiger partial charge in [0.25, 0.3) is 0 Å². The Morgan fingerprint density at radius 2 is 1.38 bits per heavy atom. The molecule has 1 heterocycles. The van der Waals surface area contributed by atoms with Crippen LogP contribution in [0.4, 0.5) is 0 Å². The van der Waals surface area contributed by atoms with E-state index in [0.29, 0.717) is 13.0 Å². The molecule has 0 aromatic carbocycles. The molecule has 1 rings (SSSR count). The van der Waals surface area contributed by atoms with Crippen molar-refractivity contribution in [1.82, 2.24) is 9.80 Å². The number of hydrogen-bond donors (Lipinski definition) is 0. The molecule has 24 heavy (non-hydrogen) atoms. The second-order valence-electron chi connectivity index (χ2n) is 7.30. The smallest absolute Gasteiger partial charge is 0.307 e. The number of likely N-dealkylation sites (N-methyl/N-ethyl adjacent to an activating group) is 1. The van der Waals surface area contributed by atoms with E-state index in [4.69, 9.17) is 4.74 Å². The number of rotatable bonds is 14. The number of carbonyl (C=O) groups excluding carboxylic acids is 1. The van der Waals surface area contributed by atoms with E-state index in [2.05, 4.69) is 23.8 Å². The molecule has 0 atom stereocenters. The van der Waals surface area contributed by atoms with Crippen LogP contribution in [0.25, 0.3) is 0 Å². The van der Waals surface area contributed by atoms with E-state index in [1.165, 1.54) is 57.8 Å². The third-order valence-electron chi connectivity index (χ3n) is 4.99. The predicted molar refractivity (Wildman–Crippen MR) is 101 cm³/mol. The summed E-state index contributed by atoms with van der Waals surface area (Å²) in [5, 5.41) is 0. The van der Waals surface area contributed by atoms with Gasteiger partial charge in [0, 0.05) is 32.7 Å². The zero-order valence-corrected chi connectivity index (χ0v) is 16.2. The minimum absolute atomic E-state index is 0.0233. The minimum atomic E-state index is -0.0233. The lowest BCUT2D eigenvalue weighted by atomic mass is 10.1. The molecule has 4 nitrogen and oxygen atoms in total. The fraction of sp³-hybridized carbons (Fsp3) is 0.950. The molecule has 0 aromatic rings. The highest BCUT2D eigenvalue weighted by atomic mass is 16.5. The zero-order valence-electron chi connectivity index (χ0n) is 16.2. The number of piperazine rings is 1. The average Bonchev–Trinajstić information content (AvgIpc) is 2.59. The van der Waals surface area contributed by atoms with Gasteiger partial charge in [0.1, 0.15) is 0 Å². The lowest BCUT2D eigenvalue weighted by molar-refractivity contribution is -0.144. The summed E-state index contributed by atoms with van der Waals surface area (Å²) in [6.45, 7) is 8.08. The Kier molecular flexibility index (Phi) is 13.1. The molecular formula is C20H40N2O2. The standard InChI is InChI=1S/C20H40N2O2/c1-3-4-5-6-7-8-9-10-11-12-19-24-20(23)13-14-22-17-15-21(2)16-18-22/h3-19H2,1-2H3. The van der Waals surface area contributed by atoms with Gasteiger partial charge >= 0.3 is 5.97 Å². The fourth-order valence-corrected chi connectivity index (χ4v) is 3.17. The first kappa shape index (κ1) is 21.4. The second kappa shape index (κ2) is 14.7. The first-order valence-corrected chi connectivity index (χ1v) is 10.3. The summed E-state index contributed by atoms with van der Waals surface area (Å²) in [6.07, 6.45) is 13.7. The Bertz CT molecular complexity index is 302. The van der Waals surface area contributed by atoms with Crippen molar-refractivity contribution in [2.75, 3.05) is 46.4 Å². The Morgan fingerprint density at radius 3 is 1.96 bits per heavy atom. The summed E-state index contributed by atoms with van der Waals surface area (Å²) in [7, 11) is 2.15. The molecule has 0 amide bonds. The summed E-state index contributed by atoms with van der Waals surface area (Å²) in [5.41, 5.74) is 0. The van der Waals surface area contributed by atoms with E-state index >= 15 is 0 Å². The number of esters is 1. The fourth-order valence-electron chi connectivity index (χ4n) is 3.17. The first-order valence-electron chi connectivity index (χ1n) is 10.3. The monoisotopic (exact) mass is 340 g/mol. The molecule has 0 spiro atoms. The number of nitrogens with zero attached hydrogens (tertiary/aromatic N) is 2. The molecular weight excluding hydrogens is 300 g/mol. The third-order valence-corrected chi connectivity index (χ3v) is 4.99. The predicted octanol–water partition coefficient (Wildman–Crippen LogP) is 4.09. The molecule has 0 unspecified atom stereocenters. The number of ether oxygens (including phenoxy) is 1. The van der Waals surface area contributed by atoms with Gasteiger partial charge in [0.05, 0.1) is 13.0 Å². The van der Waals surface area contributed by atoms with Crippen molar-refractivity contribution in [3.05, 3.63) is 0 Å². The second-order valence-corrected chi connectivity index (χ2v) is 7.30. The van der Waals surface area contributed by atoms with E-state index in [9.17, 15) is 4.79 Å². The van der Waals surface area contributed by atoms with E-state index in [-0.39, 0.29) is 5.97 Å². The third kappa shape index (κ3) is 11.9. The molecule has 1 saturated heterocycles. The molecule has 142 valence electrons. The van der Waals surface area contributed by atoms with Crippen LogP contribution < -0.4 is 0 Å². The Balaban J connectivity index is 1.81. The highest BCUT2D eigenvalue weighted by Gasteiger charge is 2.14. The van der Waals surface area contributed by atoms with Gasteiger partial charge < -0.3 is 14.5 Å². The first-order chi connectivity index (χ1) is 11.7. The minimum Gasteiger partial charge on any atom is -0.466 e. The van der Waals surface area contributed by atoms with Gasteiger partial charge in [-0.3, -0.25) is 4.79 Å². The molecule has 0 radical (unpaired) electrons. The highest BCUT2D eigenvalue weighted by Crippen LogP contribution is 2.10. The quantitative estimate of drug-likeness (QED) is 0.352. The molecule has 4 heteroatoms. The van der Waals surface area contributed by atoms with Crippen molar-refractivity contribution in [2.45, 2.75) is 77.6 Å². The van der Waals surface area contributed by atoms with Gasteiger partial charge in [-0.2, -0.15) is 0 Å². The molecule has 1 fully saturated rings. The van der Waals surface area contributed by atoms with Crippen LogP contribution in [0.2, 0.25) is 0 Å². The van der Waals surface area contributed by atoms with Gasteiger partial charge in [-0.1, -0.05) is 64.7 Å². The maximum Gasteiger partial charge on any atom is 0.307 e. The topological polar surface area (TPSA) is 32.8 Å². The summed E-state index contributed by atoms with van der Waals surface area (Å²) < 4.78 is 5.35. The van der Waals surface area contributed by atoms with Crippen LogP contribution in [0.3, 0.4) is 0 Å². The lowest BCUT2D eigenvalue weighted by Gasteiger charge is -2.31. The molecule has 0 N–H and O–H groups in total. The molecule has 0 bridgehead atoms. The number of carbonyl (C=O) groups is 1. The van der Waals surface area contributed by atoms with Crippen LogP contribution in [0.1, 0.15) is 77.6 Å². The van der Waals surface area contributed by atoms with Crippen molar-refractivity contribution in [2.24, 2.45) is 0 Å². The summed E-state index contributed by atoms with van der Waals surface area (Å²) >= 11 is 0. The molecule has 1 aliphatic heterocycles. The van der Waals surface area contributed by atoms with Gasteiger partial charge in [0.15, 0.2) is 0 Å². The van der Waals surface area contributed by atoms with E-state index in [1.807, 2.05) is 0 Å². The van der Waals surface area contributed by atoms with Gasteiger partial charge in [-0.15, -0.1) is 0 Å². The molecule has 1 aliphatic rings. The van der Waals surface area contributed by atoms with Crippen LogP contribution >= 0.6 is 0 Å². The largest absolute Gasteiger partial charge is 0.466 e. The van der Waals surface area contributed by atoms with Crippen molar-refractivity contribution < 1.29 is 9.53 Å². The van der Waals surface area contributed by atoms with Gasteiger partial charge in [0.2, 0.25) is 0 Å².